The Kier molecular flexibility index (Phi) is 8.03. The van der Waals surface area contributed by atoms with Gasteiger partial charge < -0.3 is 21.1 Å². The molecule has 1 unspecified atom stereocenters. The highest BCUT2D eigenvalue weighted by Gasteiger charge is 2.41. The quantitative estimate of drug-likeness (QED) is 0.483. The van der Waals surface area contributed by atoms with E-state index in [1.807, 2.05) is 5.32 Å². The van der Waals surface area contributed by atoms with Crippen LogP contribution in [0.15, 0.2) is 48.5 Å². The molecule has 1 saturated heterocycles. The molecule has 0 radical (unpaired) electrons. The van der Waals surface area contributed by atoms with Crippen molar-refractivity contribution in [2.24, 2.45) is 11.7 Å². The Balaban J connectivity index is 1.99. The first-order chi connectivity index (χ1) is 17.2. The molecule has 1 aliphatic heterocycles. The maximum Gasteiger partial charge on any atom is 0.416 e. The van der Waals surface area contributed by atoms with Gasteiger partial charge in [0.2, 0.25) is 5.91 Å². The van der Waals surface area contributed by atoms with Crippen molar-refractivity contribution < 1.29 is 45.8 Å². The summed E-state index contributed by atoms with van der Waals surface area (Å²) in [4.78, 5) is 37.5. The smallest absolute Gasteiger partial charge is 0.416 e. The van der Waals surface area contributed by atoms with Gasteiger partial charge in [-0.1, -0.05) is 30.3 Å². The number of piperidine rings is 1. The van der Waals surface area contributed by atoms with E-state index in [1.165, 1.54) is 0 Å². The number of alkyl halides is 6. The largest absolute Gasteiger partial charge is 0.465 e. The van der Waals surface area contributed by atoms with Crippen molar-refractivity contribution >= 4 is 17.9 Å². The van der Waals surface area contributed by atoms with E-state index >= 15 is 0 Å². The second kappa shape index (κ2) is 10.7. The summed E-state index contributed by atoms with van der Waals surface area (Å²) in [5.74, 6) is -2.64. The monoisotopic (exact) mass is 531 g/mol. The van der Waals surface area contributed by atoms with Crippen LogP contribution in [0, 0.1) is 5.92 Å². The van der Waals surface area contributed by atoms with Crippen molar-refractivity contribution in [3.05, 3.63) is 70.8 Å². The van der Waals surface area contributed by atoms with Crippen LogP contribution >= 0.6 is 0 Å². The molecule has 4 N–H and O–H groups in total. The molecule has 7 nitrogen and oxygen atoms in total. The minimum Gasteiger partial charge on any atom is -0.465 e. The standard InChI is InChI=1S/C24H23F6N3O4/c25-23(26,27)16-9-15(10-17(12-16)24(28,29)30)21(35)33-7-6-14(19(20(31)34)32-22(36)37)11-18(33)8-13-4-2-1-3-5-13/h1-5,9-10,12,14,18-19,32H,6-8,11H2,(H2,31,34)(H,36,37)/t14-,18-,19?/m0/s1. The SMILES string of the molecule is NC(=O)C(NC(=O)O)[C@H]1CCN(C(=O)c2cc(C(F)(F)F)cc(C(F)(F)F)c2)[C@@H](Cc2ccccc2)C1. The number of nitrogens with zero attached hydrogens (tertiary/aromatic N) is 1. The van der Waals surface area contributed by atoms with Gasteiger partial charge in [-0.3, -0.25) is 9.59 Å². The molecule has 3 rings (SSSR count). The van der Waals surface area contributed by atoms with Crippen molar-refractivity contribution in [2.75, 3.05) is 6.54 Å². The van der Waals surface area contributed by atoms with Gasteiger partial charge in [0.15, 0.2) is 0 Å². The highest BCUT2D eigenvalue weighted by molar-refractivity contribution is 5.95. The normalized spacial score (nSPS) is 19.2. The summed E-state index contributed by atoms with van der Waals surface area (Å²) in [5, 5.41) is 11.1. The topological polar surface area (TPSA) is 113 Å². The molecule has 1 fully saturated rings. The lowest BCUT2D eigenvalue weighted by Crippen LogP contribution is -2.55. The molecule has 37 heavy (non-hydrogen) atoms. The van der Waals surface area contributed by atoms with E-state index in [4.69, 9.17) is 10.8 Å². The van der Waals surface area contributed by atoms with Crippen molar-refractivity contribution in [1.82, 2.24) is 10.2 Å². The van der Waals surface area contributed by atoms with Gasteiger partial charge in [-0.05, 0) is 48.9 Å². The predicted molar refractivity (Wildman–Crippen MR) is 118 cm³/mol. The van der Waals surface area contributed by atoms with Crippen LogP contribution in [-0.2, 0) is 23.6 Å². The molecule has 3 atom stereocenters. The van der Waals surface area contributed by atoms with Crippen LogP contribution < -0.4 is 11.1 Å². The number of carbonyl (C=O) groups excluding carboxylic acids is 2. The van der Waals surface area contributed by atoms with Crippen molar-refractivity contribution in [2.45, 2.75) is 43.7 Å². The number of nitrogens with one attached hydrogen (secondary N) is 1. The summed E-state index contributed by atoms with van der Waals surface area (Å²) < 4.78 is 80.0. The van der Waals surface area contributed by atoms with Gasteiger partial charge in [0.1, 0.15) is 6.04 Å². The molecule has 0 aromatic heterocycles. The Morgan fingerprint density at radius 2 is 1.57 bits per heavy atom. The fourth-order valence-corrected chi connectivity index (χ4v) is 4.53. The van der Waals surface area contributed by atoms with Crippen LogP contribution in [0.4, 0.5) is 31.1 Å². The van der Waals surface area contributed by atoms with Gasteiger partial charge in [-0.25, -0.2) is 4.79 Å². The van der Waals surface area contributed by atoms with Gasteiger partial charge in [0, 0.05) is 18.2 Å². The number of amides is 3. The third-order valence-electron chi connectivity index (χ3n) is 6.22. The lowest BCUT2D eigenvalue weighted by atomic mass is 9.82. The molecule has 2 aromatic carbocycles. The summed E-state index contributed by atoms with van der Waals surface area (Å²) in [7, 11) is 0. The average Bonchev–Trinajstić information content (AvgIpc) is 2.81. The number of primary amides is 1. The van der Waals surface area contributed by atoms with E-state index in [0.29, 0.717) is 17.7 Å². The van der Waals surface area contributed by atoms with Gasteiger partial charge in [0.05, 0.1) is 11.1 Å². The van der Waals surface area contributed by atoms with Crippen molar-refractivity contribution in [3.8, 4) is 0 Å². The molecular weight excluding hydrogens is 508 g/mol. The number of nitrogens with two attached hydrogens (primary N) is 1. The second-order valence-corrected chi connectivity index (χ2v) is 8.75. The maximum atomic E-state index is 13.3. The first-order valence-corrected chi connectivity index (χ1v) is 11.1. The van der Waals surface area contributed by atoms with Gasteiger partial charge in [-0.2, -0.15) is 26.3 Å². The summed E-state index contributed by atoms with van der Waals surface area (Å²) in [5.41, 5.74) is 2.06. The van der Waals surface area contributed by atoms with Gasteiger partial charge in [-0.15, -0.1) is 0 Å². The van der Waals surface area contributed by atoms with E-state index in [1.54, 1.807) is 30.3 Å². The first kappa shape index (κ1) is 27.8. The third-order valence-corrected chi connectivity index (χ3v) is 6.22. The minimum atomic E-state index is -5.12. The Morgan fingerprint density at radius 3 is 2.05 bits per heavy atom. The fourth-order valence-electron chi connectivity index (χ4n) is 4.53. The summed E-state index contributed by atoms with van der Waals surface area (Å²) in [6, 6.07) is 7.23. The van der Waals surface area contributed by atoms with E-state index in [2.05, 4.69) is 0 Å². The van der Waals surface area contributed by atoms with Crippen LogP contribution in [-0.4, -0.2) is 46.5 Å². The van der Waals surface area contributed by atoms with E-state index in [-0.39, 0.29) is 31.9 Å². The first-order valence-electron chi connectivity index (χ1n) is 11.1. The van der Waals surface area contributed by atoms with Crippen LogP contribution in [0.25, 0.3) is 0 Å². The van der Waals surface area contributed by atoms with E-state index in [9.17, 15) is 40.7 Å². The second-order valence-electron chi connectivity index (χ2n) is 8.75. The lowest BCUT2D eigenvalue weighted by Gasteiger charge is -2.41. The number of likely N-dealkylation sites (tertiary alicyclic amines) is 1. The summed E-state index contributed by atoms with van der Waals surface area (Å²) in [6.07, 6.45) is -11.5. The number of rotatable bonds is 6. The Bertz CT molecular complexity index is 1120. The lowest BCUT2D eigenvalue weighted by molar-refractivity contribution is -0.143. The molecule has 13 heteroatoms. The maximum absolute atomic E-state index is 13.3. The van der Waals surface area contributed by atoms with Crippen LogP contribution in [0.5, 0.6) is 0 Å². The molecule has 0 spiro atoms. The molecule has 0 saturated carbocycles. The minimum absolute atomic E-state index is 0.0274. The molecule has 1 aliphatic rings. The molecule has 3 amide bonds. The zero-order valence-corrected chi connectivity index (χ0v) is 19.1. The number of hydrogen-bond donors (Lipinski definition) is 3. The molecule has 200 valence electrons. The fraction of sp³-hybridized carbons (Fsp3) is 0.375. The number of halogens is 6. The van der Waals surface area contributed by atoms with Crippen molar-refractivity contribution in [1.29, 1.82) is 0 Å². The average molecular weight is 531 g/mol. The number of benzene rings is 2. The molecule has 0 bridgehead atoms. The Hall–Kier alpha value is -3.77. The third kappa shape index (κ3) is 6.92. The molecule has 1 heterocycles. The molecule has 0 aliphatic carbocycles. The van der Waals surface area contributed by atoms with Crippen LogP contribution in [0.1, 0.15) is 39.9 Å². The van der Waals surface area contributed by atoms with Gasteiger partial charge in [0.25, 0.3) is 5.91 Å². The zero-order chi connectivity index (χ0) is 27.5. The van der Waals surface area contributed by atoms with Gasteiger partial charge >= 0.3 is 18.4 Å². The highest BCUT2D eigenvalue weighted by atomic mass is 19.4. The highest BCUT2D eigenvalue weighted by Crippen LogP contribution is 2.37. The zero-order valence-electron chi connectivity index (χ0n) is 19.1. The molecular formula is C24H23F6N3O4. The number of hydrogen-bond acceptors (Lipinski definition) is 3. The Morgan fingerprint density at radius 1 is 1.00 bits per heavy atom. The van der Waals surface area contributed by atoms with Crippen molar-refractivity contribution in [3.63, 3.8) is 0 Å². The van der Waals surface area contributed by atoms with Crippen LogP contribution in [0.3, 0.4) is 0 Å². The Labute approximate surface area is 207 Å². The van der Waals surface area contributed by atoms with E-state index in [0.717, 1.165) is 4.90 Å². The van der Waals surface area contributed by atoms with E-state index < -0.39 is 65.0 Å². The van der Waals surface area contributed by atoms with Crippen LogP contribution in [0.2, 0.25) is 0 Å². The number of carboxylic acid groups (broad SMARTS) is 1. The summed E-state index contributed by atoms with van der Waals surface area (Å²) in [6.45, 7) is -0.149. The summed E-state index contributed by atoms with van der Waals surface area (Å²) >= 11 is 0. The molecule has 2 aromatic rings. The number of carbonyl (C=O) groups is 3. The predicted octanol–water partition coefficient (Wildman–Crippen LogP) is 4.31.